The molecule has 0 aliphatic heterocycles. The zero-order valence-corrected chi connectivity index (χ0v) is 14.2. The van der Waals surface area contributed by atoms with Crippen molar-refractivity contribution in [3.05, 3.63) is 108 Å². The molecule has 0 bridgehead atoms. The molecule has 0 spiro atoms. The molecule has 1 aromatic heterocycles. The number of hydrogen-bond acceptors (Lipinski definition) is 1. The average molecular weight is 335 g/mol. The summed E-state index contributed by atoms with van der Waals surface area (Å²) in [5.41, 5.74) is 3.35. The van der Waals surface area contributed by atoms with Crippen molar-refractivity contribution in [3.8, 4) is 11.8 Å². The Kier molecular flexibility index (Phi) is 4.37. The Morgan fingerprint density at radius 2 is 1.46 bits per heavy atom. The van der Waals surface area contributed by atoms with Gasteiger partial charge in [0.15, 0.2) is 0 Å². The predicted molar refractivity (Wildman–Crippen MR) is 105 cm³/mol. The maximum absolute atomic E-state index is 13.0. The number of fused-ring (bicyclic) bond motifs is 1. The Morgan fingerprint density at radius 1 is 0.808 bits per heavy atom. The molecule has 0 radical (unpaired) electrons. The summed E-state index contributed by atoms with van der Waals surface area (Å²) in [5, 5.41) is 1.05. The first-order valence-corrected chi connectivity index (χ1v) is 8.55. The highest BCUT2D eigenvalue weighted by atomic mass is 16.1. The van der Waals surface area contributed by atoms with Gasteiger partial charge in [-0.3, -0.25) is 4.79 Å². The topological polar surface area (TPSA) is 22.0 Å². The van der Waals surface area contributed by atoms with Crippen LogP contribution in [-0.4, -0.2) is 10.4 Å². The van der Waals surface area contributed by atoms with E-state index in [-0.39, 0.29) is 5.78 Å². The summed E-state index contributed by atoms with van der Waals surface area (Å²) in [6.07, 6.45) is 0. The van der Waals surface area contributed by atoms with E-state index in [1.165, 1.54) is 0 Å². The van der Waals surface area contributed by atoms with Gasteiger partial charge in [0.25, 0.3) is 0 Å². The van der Waals surface area contributed by atoms with E-state index in [1.54, 1.807) is 0 Å². The number of nitrogens with zero attached hydrogens (tertiary/aromatic N) is 1. The molecule has 0 fully saturated rings. The van der Waals surface area contributed by atoms with Gasteiger partial charge in [-0.25, -0.2) is 0 Å². The van der Waals surface area contributed by atoms with Crippen LogP contribution in [0.3, 0.4) is 0 Å². The normalized spacial score (nSPS) is 10.3. The Balaban J connectivity index is 1.75. The van der Waals surface area contributed by atoms with Crippen molar-refractivity contribution in [1.82, 2.24) is 4.57 Å². The van der Waals surface area contributed by atoms with E-state index in [0.29, 0.717) is 17.8 Å². The van der Waals surface area contributed by atoms with Crippen molar-refractivity contribution in [3.63, 3.8) is 0 Å². The van der Waals surface area contributed by atoms with Crippen LogP contribution in [0.4, 0.5) is 0 Å². The average Bonchev–Trinajstić information content (AvgIpc) is 3.08. The first-order valence-electron chi connectivity index (χ1n) is 8.55. The maximum Gasteiger partial charge on any atom is 0.209 e. The number of para-hydroxylation sites is 1. The molecule has 124 valence electrons. The van der Waals surface area contributed by atoms with E-state index in [9.17, 15) is 4.79 Å². The van der Waals surface area contributed by atoms with Gasteiger partial charge in [-0.1, -0.05) is 78.6 Å². The van der Waals surface area contributed by atoms with Gasteiger partial charge in [-0.2, -0.15) is 0 Å². The van der Waals surface area contributed by atoms with E-state index in [0.717, 1.165) is 16.5 Å². The lowest BCUT2D eigenvalue weighted by Gasteiger charge is -2.06. The first-order chi connectivity index (χ1) is 12.8. The first kappa shape index (κ1) is 15.9. The van der Waals surface area contributed by atoms with Crippen molar-refractivity contribution >= 4 is 16.7 Å². The van der Waals surface area contributed by atoms with Crippen molar-refractivity contribution in [2.24, 2.45) is 0 Å². The molecule has 4 aromatic rings. The highest BCUT2D eigenvalue weighted by Crippen LogP contribution is 2.22. The van der Waals surface area contributed by atoms with Crippen LogP contribution in [0.5, 0.6) is 0 Å². The van der Waals surface area contributed by atoms with Gasteiger partial charge >= 0.3 is 0 Å². The second-order valence-electron chi connectivity index (χ2n) is 6.04. The van der Waals surface area contributed by atoms with E-state index in [4.69, 9.17) is 0 Å². The molecular weight excluding hydrogens is 318 g/mol. The number of benzene rings is 3. The lowest BCUT2D eigenvalue weighted by Crippen LogP contribution is -2.09. The summed E-state index contributed by atoms with van der Waals surface area (Å²) in [5.74, 6) is 6.39. The Labute approximate surface area is 152 Å². The van der Waals surface area contributed by atoms with E-state index in [1.807, 2.05) is 95.6 Å². The van der Waals surface area contributed by atoms with Gasteiger partial charge in [0, 0.05) is 22.0 Å². The Morgan fingerprint density at radius 3 is 2.23 bits per heavy atom. The van der Waals surface area contributed by atoms with Gasteiger partial charge in [0.05, 0.1) is 12.2 Å². The van der Waals surface area contributed by atoms with E-state index < -0.39 is 0 Å². The minimum atomic E-state index is 0.0170. The third kappa shape index (κ3) is 3.16. The molecule has 2 nitrogen and oxygen atoms in total. The standard InChI is InChI=1S/C24H17NO/c26-24(20-13-5-2-6-14-20)23-18-21-15-7-8-16-22(21)25(23)17-9-12-19-10-3-1-4-11-19/h1-8,10-11,13-16,18H,17H2. The van der Waals surface area contributed by atoms with E-state index >= 15 is 0 Å². The third-order valence-corrected chi connectivity index (χ3v) is 4.32. The molecule has 2 heteroatoms. The van der Waals surface area contributed by atoms with Gasteiger partial charge in [0.2, 0.25) is 5.78 Å². The van der Waals surface area contributed by atoms with Crippen LogP contribution >= 0.6 is 0 Å². The predicted octanol–water partition coefficient (Wildman–Crippen LogP) is 4.92. The minimum Gasteiger partial charge on any atom is -0.326 e. The Hall–Kier alpha value is -3.57. The lowest BCUT2D eigenvalue weighted by molar-refractivity contribution is 0.103. The second kappa shape index (κ2) is 7.13. The number of rotatable bonds is 3. The molecule has 4 rings (SSSR count). The van der Waals surface area contributed by atoms with Crippen LogP contribution < -0.4 is 0 Å². The molecule has 1 heterocycles. The van der Waals surface area contributed by atoms with Gasteiger partial charge in [0.1, 0.15) is 0 Å². The van der Waals surface area contributed by atoms with E-state index in [2.05, 4.69) is 11.8 Å². The van der Waals surface area contributed by atoms with Crippen LogP contribution in [0.2, 0.25) is 0 Å². The van der Waals surface area contributed by atoms with Crippen molar-refractivity contribution in [1.29, 1.82) is 0 Å². The third-order valence-electron chi connectivity index (χ3n) is 4.32. The second-order valence-corrected chi connectivity index (χ2v) is 6.04. The highest BCUT2D eigenvalue weighted by molar-refractivity contribution is 6.10. The zero-order chi connectivity index (χ0) is 17.8. The van der Waals surface area contributed by atoms with Crippen molar-refractivity contribution < 1.29 is 4.79 Å². The maximum atomic E-state index is 13.0. The number of ketones is 1. The monoisotopic (exact) mass is 335 g/mol. The van der Waals surface area contributed by atoms with Crippen LogP contribution in [0, 0.1) is 11.8 Å². The molecule has 3 aromatic carbocycles. The fourth-order valence-corrected chi connectivity index (χ4v) is 3.05. The molecule has 0 aliphatic carbocycles. The molecule has 0 saturated carbocycles. The smallest absolute Gasteiger partial charge is 0.209 e. The SMILES string of the molecule is O=C(c1ccccc1)c1cc2ccccc2n1CC#Cc1ccccc1. The molecular formula is C24H17NO. The minimum absolute atomic E-state index is 0.0170. The molecule has 0 N–H and O–H groups in total. The van der Waals surface area contributed by atoms with Crippen molar-refractivity contribution in [2.45, 2.75) is 6.54 Å². The van der Waals surface area contributed by atoms with Gasteiger partial charge in [-0.05, 0) is 24.3 Å². The van der Waals surface area contributed by atoms with Crippen LogP contribution in [0.25, 0.3) is 10.9 Å². The Bertz CT molecular complexity index is 1110. The molecule has 0 unspecified atom stereocenters. The molecule has 26 heavy (non-hydrogen) atoms. The number of carbonyl (C=O) groups is 1. The largest absolute Gasteiger partial charge is 0.326 e. The summed E-state index contributed by atoms with van der Waals surface area (Å²) >= 11 is 0. The summed E-state index contributed by atoms with van der Waals surface area (Å²) in [6, 6.07) is 29.2. The molecule has 0 atom stereocenters. The highest BCUT2D eigenvalue weighted by Gasteiger charge is 2.16. The summed E-state index contributed by atoms with van der Waals surface area (Å²) in [7, 11) is 0. The van der Waals surface area contributed by atoms with Gasteiger partial charge < -0.3 is 4.57 Å². The molecule has 0 amide bonds. The van der Waals surface area contributed by atoms with Gasteiger partial charge in [-0.15, -0.1) is 0 Å². The van der Waals surface area contributed by atoms with Crippen LogP contribution in [0.1, 0.15) is 21.6 Å². The molecule has 0 saturated heterocycles. The van der Waals surface area contributed by atoms with Crippen molar-refractivity contribution in [2.75, 3.05) is 0 Å². The van der Waals surface area contributed by atoms with Crippen LogP contribution in [0.15, 0.2) is 91.0 Å². The quantitative estimate of drug-likeness (QED) is 0.384. The number of hydrogen-bond donors (Lipinski definition) is 0. The summed E-state index contributed by atoms with van der Waals surface area (Å²) < 4.78 is 2.00. The number of carbonyl (C=O) groups excluding carboxylic acids is 1. The number of aromatic nitrogens is 1. The summed E-state index contributed by atoms with van der Waals surface area (Å²) in [6.45, 7) is 0.469. The van der Waals surface area contributed by atoms with Crippen LogP contribution in [-0.2, 0) is 6.54 Å². The fourth-order valence-electron chi connectivity index (χ4n) is 3.05. The zero-order valence-electron chi connectivity index (χ0n) is 14.2. The fraction of sp³-hybridized carbons (Fsp3) is 0.0417. The summed E-state index contributed by atoms with van der Waals surface area (Å²) in [4.78, 5) is 13.0. The lowest BCUT2D eigenvalue weighted by atomic mass is 10.1. The molecule has 0 aliphatic rings.